The van der Waals surface area contributed by atoms with Crippen LogP contribution < -0.4 is 5.32 Å². The molecule has 128 valence electrons. The number of hydrogen-bond acceptors (Lipinski definition) is 3. The first kappa shape index (κ1) is 15.6. The standard InChI is InChI=1S/C19H21N5O/c1-12(2)13-4-6-15(7-5-13)24-11-14(9-21-24)16-8-18(25)22-19-17(16)10-20-23(19)3/h4-7,9-12,16H,8H2,1-3H3,(H,22,25). The molecule has 0 radical (unpaired) electrons. The molecular weight excluding hydrogens is 314 g/mol. The summed E-state index contributed by atoms with van der Waals surface area (Å²) >= 11 is 0. The Morgan fingerprint density at radius 2 is 1.92 bits per heavy atom. The van der Waals surface area contributed by atoms with Crippen LogP contribution in [0.4, 0.5) is 5.82 Å². The summed E-state index contributed by atoms with van der Waals surface area (Å²) in [5, 5.41) is 11.7. The number of amides is 1. The van der Waals surface area contributed by atoms with Crippen molar-refractivity contribution in [3.8, 4) is 5.69 Å². The van der Waals surface area contributed by atoms with Gasteiger partial charge >= 0.3 is 0 Å². The van der Waals surface area contributed by atoms with Gasteiger partial charge in [0, 0.05) is 31.1 Å². The first-order valence-corrected chi connectivity index (χ1v) is 8.49. The van der Waals surface area contributed by atoms with Crippen LogP contribution >= 0.6 is 0 Å². The number of nitrogens with one attached hydrogen (secondary N) is 1. The van der Waals surface area contributed by atoms with Crippen molar-refractivity contribution in [2.75, 3.05) is 5.32 Å². The van der Waals surface area contributed by atoms with Crippen LogP contribution in [-0.2, 0) is 11.8 Å². The van der Waals surface area contributed by atoms with Crippen LogP contribution in [0.2, 0.25) is 0 Å². The van der Waals surface area contributed by atoms with Crippen molar-refractivity contribution in [2.45, 2.75) is 32.1 Å². The van der Waals surface area contributed by atoms with Crippen molar-refractivity contribution < 1.29 is 4.79 Å². The Bertz CT molecular complexity index is 920. The zero-order valence-corrected chi connectivity index (χ0v) is 14.6. The molecule has 0 aliphatic carbocycles. The van der Waals surface area contributed by atoms with Gasteiger partial charge in [-0.3, -0.25) is 9.48 Å². The molecule has 1 amide bonds. The maximum atomic E-state index is 12.1. The average Bonchev–Trinajstić information content (AvgIpc) is 3.22. The summed E-state index contributed by atoms with van der Waals surface area (Å²) in [6.45, 7) is 4.36. The molecule has 1 atom stereocenters. The van der Waals surface area contributed by atoms with Crippen LogP contribution in [-0.4, -0.2) is 25.5 Å². The highest BCUT2D eigenvalue weighted by Crippen LogP contribution is 2.36. The number of anilines is 1. The predicted octanol–water partition coefficient (Wildman–Crippen LogP) is 3.20. The first-order valence-electron chi connectivity index (χ1n) is 8.49. The van der Waals surface area contributed by atoms with Gasteiger partial charge in [-0.25, -0.2) is 4.68 Å². The van der Waals surface area contributed by atoms with Crippen LogP contribution in [0.25, 0.3) is 5.69 Å². The van der Waals surface area contributed by atoms with Crippen LogP contribution in [0.15, 0.2) is 42.9 Å². The van der Waals surface area contributed by atoms with Crippen molar-refractivity contribution in [3.63, 3.8) is 0 Å². The Hall–Kier alpha value is -2.89. The third-order valence-electron chi connectivity index (χ3n) is 4.82. The van der Waals surface area contributed by atoms with E-state index < -0.39 is 0 Å². The minimum Gasteiger partial charge on any atom is -0.311 e. The summed E-state index contributed by atoms with van der Waals surface area (Å²) in [5.41, 5.74) is 4.39. The van der Waals surface area contributed by atoms with E-state index in [1.54, 1.807) is 4.68 Å². The Labute approximate surface area is 146 Å². The van der Waals surface area contributed by atoms with Crippen LogP contribution in [0.5, 0.6) is 0 Å². The van der Waals surface area contributed by atoms with Gasteiger partial charge in [0.1, 0.15) is 5.82 Å². The van der Waals surface area contributed by atoms with Crippen molar-refractivity contribution in [1.29, 1.82) is 0 Å². The fourth-order valence-corrected chi connectivity index (χ4v) is 3.31. The summed E-state index contributed by atoms with van der Waals surface area (Å²) in [6.07, 6.45) is 6.09. The first-order chi connectivity index (χ1) is 12.0. The Balaban J connectivity index is 1.66. The highest BCUT2D eigenvalue weighted by molar-refractivity contribution is 5.94. The van der Waals surface area contributed by atoms with Crippen LogP contribution in [0.3, 0.4) is 0 Å². The van der Waals surface area contributed by atoms with Gasteiger partial charge in [-0.15, -0.1) is 0 Å². The highest BCUT2D eigenvalue weighted by atomic mass is 16.1. The quantitative estimate of drug-likeness (QED) is 0.799. The zero-order chi connectivity index (χ0) is 17.6. The van der Waals surface area contributed by atoms with E-state index in [2.05, 4.69) is 53.6 Å². The highest BCUT2D eigenvalue weighted by Gasteiger charge is 2.30. The molecule has 0 saturated heterocycles. The van der Waals surface area contributed by atoms with Gasteiger partial charge in [-0.1, -0.05) is 26.0 Å². The minimum absolute atomic E-state index is 0.00939. The molecule has 1 aliphatic rings. The second-order valence-electron chi connectivity index (χ2n) is 6.84. The monoisotopic (exact) mass is 335 g/mol. The third-order valence-corrected chi connectivity index (χ3v) is 4.82. The molecule has 1 unspecified atom stereocenters. The van der Waals surface area contributed by atoms with E-state index in [4.69, 9.17) is 0 Å². The Kier molecular flexibility index (Phi) is 3.67. The second-order valence-corrected chi connectivity index (χ2v) is 6.84. The number of rotatable bonds is 3. The lowest BCUT2D eigenvalue weighted by molar-refractivity contribution is -0.116. The van der Waals surface area contributed by atoms with Gasteiger partial charge in [-0.2, -0.15) is 10.2 Å². The fourth-order valence-electron chi connectivity index (χ4n) is 3.31. The van der Waals surface area contributed by atoms with Gasteiger partial charge in [0.25, 0.3) is 0 Å². The lowest BCUT2D eigenvalue weighted by Gasteiger charge is -2.21. The number of fused-ring (bicyclic) bond motifs is 1. The molecule has 6 heteroatoms. The molecule has 3 aromatic rings. The molecule has 0 spiro atoms. The average molecular weight is 335 g/mol. The molecule has 3 heterocycles. The Morgan fingerprint density at radius 1 is 1.16 bits per heavy atom. The van der Waals surface area contributed by atoms with E-state index in [0.717, 1.165) is 22.6 Å². The molecule has 0 bridgehead atoms. The number of carbonyl (C=O) groups is 1. The summed E-state index contributed by atoms with van der Waals surface area (Å²) in [4.78, 5) is 12.1. The van der Waals surface area contributed by atoms with Gasteiger partial charge in [0.2, 0.25) is 5.91 Å². The molecule has 6 nitrogen and oxygen atoms in total. The van der Waals surface area contributed by atoms with Crippen molar-refractivity contribution in [3.05, 3.63) is 59.5 Å². The van der Waals surface area contributed by atoms with Gasteiger partial charge < -0.3 is 5.32 Å². The second kappa shape index (κ2) is 5.88. The van der Waals surface area contributed by atoms with E-state index in [0.29, 0.717) is 12.3 Å². The maximum Gasteiger partial charge on any atom is 0.226 e. The van der Waals surface area contributed by atoms with E-state index >= 15 is 0 Å². The molecule has 4 rings (SSSR count). The number of aryl methyl sites for hydroxylation is 1. The topological polar surface area (TPSA) is 64.7 Å². The number of benzene rings is 1. The lowest BCUT2D eigenvalue weighted by Crippen LogP contribution is -2.24. The SMILES string of the molecule is CC(C)c1ccc(-n2cc(C3CC(=O)Nc4c3cnn4C)cn2)cc1. The Morgan fingerprint density at radius 3 is 2.64 bits per heavy atom. The van der Waals surface area contributed by atoms with Crippen LogP contribution in [0, 0.1) is 0 Å². The largest absolute Gasteiger partial charge is 0.311 e. The molecular formula is C19H21N5O. The molecule has 25 heavy (non-hydrogen) atoms. The number of carbonyl (C=O) groups excluding carboxylic acids is 1. The van der Waals surface area contributed by atoms with E-state index in [1.807, 2.05) is 30.3 Å². The van der Waals surface area contributed by atoms with Crippen LogP contribution in [0.1, 0.15) is 48.8 Å². The summed E-state index contributed by atoms with van der Waals surface area (Å²) in [5.74, 6) is 1.28. The number of aromatic nitrogens is 4. The summed E-state index contributed by atoms with van der Waals surface area (Å²) in [6, 6.07) is 8.42. The van der Waals surface area contributed by atoms with Gasteiger partial charge in [0.15, 0.2) is 0 Å². The molecule has 1 aliphatic heterocycles. The molecule has 0 saturated carbocycles. The van der Waals surface area contributed by atoms with E-state index in [-0.39, 0.29) is 11.8 Å². The summed E-state index contributed by atoms with van der Waals surface area (Å²) in [7, 11) is 1.83. The molecule has 1 N–H and O–H groups in total. The third kappa shape index (κ3) is 2.73. The smallest absolute Gasteiger partial charge is 0.226 e. The van der Waals surface area contributed by atoms with Crippen molar-refractivity contribution in [1.82, 2.24) is 19.6 Å². The predicted molar refractivity (Wildman–Crippen MR) is 96.0 cm³/mol. The lowest BCUT2D eigenvalue weighted by atomic mass is 9.89. The molecule has 1 aromatic carbocycles. The molecule has 2 aromatic heterocycles. The van der Waals surface area contributed by atoms with E-state index in [9.17, 15) is 4.79 Å². The van der Waals surface area contributed by atoms with Gasteiger partial charge in [0.05, 0.1) is 18.1 Å². The summed E-state index contributed by atoms with van der Waals surface area (Å²) < 4.78 is 3.57. The molecule has 0 fully saturated rings. The zero-order valence-electron chi connectivity index (χ0n) is 14.6. The normalized spacial score (nSPS) is 16.8. The van der Waals surface area contributed by atoms with Crippen molar-refractivity contribution >= 4 is 11.7 Å². The van der Waals surface area contributed by atoms with Gasteiger partial charge in [-0.05, 0) is 29.2 Å². The fraction of sp³-hybridized carbons (Fsp3) is 0.316. The maximum absolute atomic E-state index is 12.1. The minimum atomic E-state index is -0.0128. The number of nitrogens with zero attached hydrogens (tertiary/aromatic N) is 4. The van der Waals surface area contributed by atoms with Crippen molar-refractivity contribution in [2.24, 2.45) is 7.05 Å². The van der Waals surface area contributed by atoms with E-state index in [1.165, 1.54) is 5.56 Å². The number of hydrogen-bond donors (Lipinski definition) is 1.